The van der Waals surface area contributed by atoms with Gasteiger partial charge < -0.3 is 15.6 Å². The van der Waals surface area contributed by atoms with Gasteiger partial charge in [0, 0.05) is 30.3 Å². The Morgan fingerprint density at radius 2 is 2.16 bits per heavy atom. The van der Waals surface area contributed by atoms with Gasteiger partial charge in [-0.3, -0.25) is 4.98 Å². The molecule has 0 aromatic carbocycles. The Kier molecular flexibility index (Phi) is 5.16. The first kappa shape index (κ1) is 14.3. The van der Waals surface area contributed by atoms with Crippen molar-refractivity contribution in [3.63, 3.8) is 0 Å². The van der Waals surface area contributed by atoms with E-state index in [0.29, 0.717) is 23.8 Å². The molecule has 0 spiro atoms. The number of nitrogens with zero attached hydrogens (tertiary/aromatic N) is 1. The summed E-state index contributed by atoms with van der Waals surface area (Å²) in [7, 11) is 0. The van der Waals surface area contributed by atoms with Gasteiger partial charge in [0.1, 0.15) is 6.10 Å². The van der Waals surface area contributed by atoms with Gasteiger partial charge in [-0.2, -0.15) is 0 Å². The SMILES string of the molecule is CCOC(C1CCCCC1)C(O)c1cnccc1N. The normalized spacial score (nSPS) is 20.1. The summed E-state index contributed by atoms with van der Waals surface area (Å²) in [5, 5.41) is 10.6. The van der Waals surface area contributed by atoms with Crippen molar-refractivity contribution in [2.75, 3.05) is 12.3 Å². The monoisotopic (exact) mass is 264 g/mol. The second-order valence-corrected chi connectivity index (χ2v) is 5.27. The highest BCUT2D eigenvalue weighted by Gasteiger charge is 2.31. The van der Waals surface area contributed by atoms with Crippen LogP contribution in [0.2, 0.25) is 0 Å². The predicted octanol–water partition coefficient (Wildman–Crippen LogP) is 2.68. The fourth-order valence-electron chi connectivity index (χ4n) is 2.98. The van der Waals surface area contributed by atoms with E-state index in [2.05, 4.69) is 4.98 Å². The minimum Gasteiger partial charge on any atom is -0.398 e. The molecule has 0 amide bonds. The summed E-state index contributed by atoms with van der Waals surface area (Å²) in [4.78, 5) is 4.06. The molecular formula is C15H24N2O2. The molecule has 1 aromatic heterocycles. The minimum atomic E-state index is -0.684. The summed E-state index contributed by atoms with van der Waals surface area (Å²) in [6.45, 7) is 2.58. The van der Waals surface area contributed by atoms with Gasteiger partial charge in [0.2, 0.25) is 0 Å². The van der Waals surface area contributed by atoms with E-state index < -0.39 is 6.10 Å². The van der Waals surface area contributed by atoms with Crippen LogP contribution in [0.5, 0.6) is 0 Å². The van der Waals surface area contributed by atoms with Crippen LogP contribution in [0.4, 0.5) is 5.69 Å². The van der Waals surface area contributed by atoms with Crippen LogP contribution in [-0.2, 0) is 4.74 Å². The van der Waals surface area contributed by atoms with Crippen LogP contribution in [0.25, 0.3) is 0 Å². The van der Waals surface area contributed by atoms with Crippen molar-refractivity contribution in [3.8, 4) is 0 Å². The van der Waals surface area contributed by atoms with E-state index in [1.807, 2.05) is 6.92 Å². The average Bonchev–Trinajstić information content (AvgIpc) is 2.45. The quantitative estimate of drug-likeness (QED) is 0.858. The van der Waals surface area contributed by atoms with Gasteiger partial charge in [0.15, 0.2) is 0 Å². The number of aromatic nitrogens is 1. The molecule has 0 radical (unpaired) electrons. The number of anilines is 1. The lowest BCUT2D eigenvalue weighted by atomic mass is 9.82. The Bertz CT molecular complexity index is 391. The maximum absolute atomic E-state index is 10.6. The van der Waals surface area contributed by atoms with E-state index in [0.717, 1.165) is 12.8 Å². The predicted molar refractivity (Wildman–Crippen MR) is 75.6 cm³/mol. The number of nitrogen functional groups attached to an aromatic ring is 1. The van der Waals surface area contributed by atoms with Gasteiger partial charge in [-0.15, -0.1) is 0 Å². The third-order valence-corrected chi connectivity index (χ3v) is 3.99. The van der Waals surface area contributed by atoms with Crippen molar-refractivity contribution in [1.82, 2.24) is 4.98 Å². The Labute approximate surface area is 115 Å². The van der Waals surface area contributed by atoms with Crippen molar-refractivity contribution < 1.29 is 9.84 Å². The largest absolute Gasteiger partial charge is 0.398 e. The third-order valence-electron chi connectivity index (χ3n) is 3.99. The fraction of sp³-hybridized carbons (Fsp3) is 0.667. The highest BCUT2D eigenvalue weighted by atomic mass is 16.5. The number of nitrogens with two attached hydrogens (primary N) is 1. The summed E-state index contributed by atoms with van der Waals surface area (Å²) in [5.74, 6) is 0.420. The van der Waals surface area contributed by atoms with Crippen LogP contribution in [0.15, 0.2) is 18.5 Å². The first-order chi connectivity index (χ1) is 9.24. The van der Waals surface area contributed by atoms with E-state index in [1.54, 1.807) is 18.5 Å². The zero-order chi connectivity index (χ0) is 13.7. The molecule has 1 aromatic rings. The molecule has 4 nitrogen and oxygen atoms in total. The minimum absolute atomic E-state index is 0.170. The zero-order valence-corrected chi connectivity index (χ0v) is 11.6. The van der Waals surface area contributed by atoms with E-state index >= 15 is 0 Å². The second kappa shape index (κ2) is 6.87. The summed E-state index contributed by atoms with van der Waals surface area (Å²) in [6, 6.07) is 1.72. The van der Waals surface area contributed by atoms with Crippen molar-refractivity contribution in [2.24, 2.45) is 5.92 Å². The zero-order valence-electron chi connectivity index (χ0n) is 11.6. The molecule has 1 aliphatic rings. The van der Waals surface area contributed by atoms with Crippen molar-refractivity contribution in [1.29, 1.82) is 0 Å². The Morgan fingerprint density at radius 3 is 2.79 bits per heavy atom. The lowest BCUT2D eigenvalue weighted by Crippen LogP contribution is -2.32. The second-order valence-electron chi connectivity index (χ2n) is 5.27. The Morgan fingerprint density at radius 1 is 1.42 bits per heavy atom. The maximum atomic E-state index is 10.6. The van der Waals surface area contributed by atoms with Gasteiger partial charge in [-0.05, 0) is 31.7 Å². The smallest absolute Gasteiger partial charge is 0.109 e. The fourth-order valence-corrected chi connectivity index (χ4v) is 2.98. The Hall–Kier alpha value is -1.13. The first-order valence-electron chi connectivity index (χ1n) is 7.23. The van der Waals surface area contributed by atoms with Gasteiger partial charge in [0.05, 0.1) is 6.10 Å². The highest BCUT2D eigenvalue weighted by Crippen LogP contribution is 2.35. The maximum Gasteiger partial charge on any atom is 0.109 e. The third kappa shape index (κ3) is 3.45. The van der Waals surface area contributed by atoms with Gasteiger partial charge in [-0.25, -0.2) is 0 Å². The number of rotatable bonds is 5. The molecule has 0 saturated heterocycles. The summed E-state index contributed by atoms with van der Waals surface area (Å²) in [5.41, 5.74) is 7.20. The first-order valence-corrected chi connectivity index (χ1v) is 7.23. The lowest BCUT2D eigenvalue weighted by Gasteiger charge is -2.33. The molecule has 2 rings (SSSR count). The van der Waals surface area contributed by atoms with Crippen molar-refractivity contribution in [3.05, 3.63) is 24.0 Å². The number of aliphatic hydroxyl groups is 1. The van der Waals surface area contributed by atoms with Crippen LogP contribution in [0.3, 0.4) is 0 Å². The summed E-state index contributed by atoms with van der Waals surface area (Å²) >= 11 is 0. The lowest BCUT2D eigenvalue weighted by molar-refractivity contribution is -0.0737. The molecule has 4 heteroatoms. The van der Waals surface area contributed by atoms with Gasteiger partial charge in [-0.1, -0.05) is 19.3 Å². The molecule has 1 aliphatic carbocycles. The molecule has 1 fully saturated rings. The summed E-state index contributed by atoms with van der Waals surface area (Å²) < 4.78 is 5.82. The Balaban J connectivity index is 2.15. The molecule has 19 heavy (non-hydrogen) atoms. The molecule has 3 N–H and O–H groups in total. The molecule has 2 unspecified atom stereocenters. The number of pyridine rings is 1. The average molecular weight is 264 g/mol. The van der Waals surface area contributed by atoms with Gasteiger partial charge in [0.25, 0.3) is 0 Å². The molecule has 106 valence electrons. The van der Waals surface area contributed by atoms with E-state index in [1.165, 1.54) is 19.3 Å². The number of hydrogen-bond donors (Lipinski definition) is 2. The highest BCUT2D eigenvalue weighted by molar-refractivity contribution is 5.46. The van der Waals surface area contributed by atoms with E-state index in [9.17, 15) is 5.11 Å². The molecule has 2 atom stereocenters. The number of aliphatic hydroxyl groups excluding tert-OH is 1. The van der Waals surface area contributed by atoms with Crippen molar-refractivity contribution in [2.45, 2.75) is 51.2 Å². The van der Waals surface area contributed by atoms with Gasteiger partial charge >= 0.3 is 0 Å². The topological polar surface area (TPSA) is 68.4 Å². The molecule has 0 aliphatic heterocycles. The standard InChI is InChI=1S/C15H24N2O2/c1-2-19-15(11-6-4-3-5-7-11)14(18)12-10-17-9-8-13(12)16/h8-11,14-15,18H,2-7H2,1H3,(H2,16,17). The molecule has 1 saturated carbocycles. The molecule has 0 bridgehead atoms. The van der Waals surface area contributed by atoms with E-state index in [-0.39, 0.29) is 6.10 Å². The molecule has 1 heterocycles. The van der Waals surface area contributed by atoms with Crippen LogP contribution in [-0.4, -0.2) is 22.8 Å². The van der Waals surface area contributed by atoms with Crippen molar-refractivity contribution >= 4 is 5.69 Å². The number of hydrogen-bond acceptors (Lipinski definition) is 4. The summed E-state index contributed by atoms with van der Waals surface area (Å²) in [6.07, 6.45) is 8.43. The number of ether oxygens (including phenoxy) is 1. The molecular weight excluding hydrogens is 240 g/mol. The van der Waals surface area contributed by atoms with Crippen LogP contribution in [0.1, 0.15) is 50.7 Å². The van der Waals surface area contributed by atoms with Crippen LogP contribution in [0, 0.1) is 5.92 Å². The van der Waals surface area contributed by atoms with Crippen LogP contribution < -0.4 is 5.73 Å². The van der Waals surface area contributed by atoms with E-state index in [4.69, 9.17) is 10.5 Å². The van der Waals surface area contributed by atoms with Crippen LogP contribution >= 0.6 is 0 Å².